The molecule has 17 heavy (non-hydrogen) atoms. The SMILES string of the molecule is COc1ccc(CC(=O)C2CCC2)cc1OC. The average molecular weight is 234 g/mol. The Hall–Kier alpha value is -1.51. The monoisotopic (exact) mass is 234 g/mol. The zero-order valence-corrected chi connectivity index (χ0v) is 10.4. The van der Waals surface area contributed by atoms with Gasteiger partial charge < -0.3 is 9.47 Å². The van der Waals surface area contributed by atoms with Crippen LogP contribution in [-0.4, -0.2) is 20.0 Å². The molecule has 1 fully saturated rings. The molecule has 2 rings (SSSR count). The summed E-state index contributed by atoms with van der Waals surface area (Å²) >= 11 is 0. The van der Waals surface area contributed by atoms with Gasteiger partial charge in [0.15, 0.2) is 11.5 Å². The van der Waals surface area contributed by atoms with Gasteiger partial charge in [0, 0.05) is 12.3 Å². The van der Waals surface area contributed by atoms with E-state index in [-0.39, 0.29) is 0 Å². The maximum absolute atomic E-state index is 11.9. The quantitative estimate of drug-likeness (QED) is 0.785. The largest absolute Gasteiger partial charge is 0.493 e. The highest BCUT2D eigenvalue weighted by atomic mass is 16.5. The fourth-order valence-corrected chi connectivity index (χ4v) is 2.07. The molecule has 1 aromatic rings. The Kier molecular flexibility index (Phi) is 3.67. The van der Waals surface area contributed by atoms with Crippen LogP contribution >= 0.6 is 0 Å². The molecular formula is C14H18O3. The van der Waals surface area contributed by atoms with Crippen LogP contribution in [0.1, 0.15) is 24.8 Å². The number of carbonyl (C=O) groups is 1. The maximum atomic E-state index is 11.9. The first-order chi connectivity index (χ1) is 8.24. The van der Waals surface area contributed by atoms with Crippen LogP contribution in [0.4, 0.5) is 0 Å². The molecule has 0 N–H and O–H groups in total. The van der Waals surface area contributed by atoms with E-state index in [1.165, 1.54) is 6.42 Å². The van der Waals surface area contributed by atoms with E-state index in [1.807, 2.05) is 18.2 Å². The summed E-state index contributed by atoms with van der Waals surface area (Å²) in [5.74, 6) is 2.03. The van der Waals surface area contributed by atoms with Gasteiger partial charge in [0.1, 0.15) is 5.78 Å². The first-order valence-corrected chi connectivity index (χ1v) is 5.98. The average Bonchev–Trinajstić information content (AvgIpc) is 2.26. The zero-order chi connectivity index (χ0) is 12.3. The fraction of sp³-hybridized carbons (Fsp3) is 0.500. The Morgan fingerprint density at radius 2 is 1.94 bits per heavy atom. The predicted molar refractivity (Wildman–Crippen MR) is 65.6 cm³/mol. The molecule has 0 spiro atoms. The van der Waals surface area contributed by atoms with Gasteiger partial charge in [-0.05, 0) is 30.5 Å². The van der Waals surface area contributed by atoms with Gasteiger partial charge in [-0.3, -0.25) is 4.79 Å². The number of benzene rings is 1. The third-order valence-electron chi connectivity index (χ3n) is 3.39. The fourth-order valence-electron chi connectivity index (χ4n) is 2.07. The molecule has 3 heteroatoms. The molecule has 0 saturated heterocycles. The Balaban J connectivity index is 2.07. The van der Waals surface area contributed by atoms with Gasteiger partial charge in [-0.1, -0.05) is 12.5 Å². The Labute approximate surface area is 102 Å². The predicted octanol–water partition coefficient (Wildman–Crippen LogP) is 2.62. The Bertz CT molecular complexity index is 408. The van der Waals surface area contributed by atoms with E-state index in [0.717, 1.165) is 18.4 Å². The Morgan fingerprint density at radius 1 is 1.24 bits per heavy atom. The maximum Gasteiger partial charge on any atom is 0.161 e. The minimum Gasteiger partial charge on any atom is -0.493 e. The number of ether oxygens (including phenoxy) is 2. The summed E-state index contributed by atoms with van der Waals surface area (Å²) < 4.78 is 10.4. The molecule has 0 aromatic heterocycles. The van der Waals surface area contributed by atoms with Gasteiger partial charge in [0.25, 0.3) is 0 Å². The van der Waals surface area contributed by atoms with Gasteiger partial charge in [0.2, 0.25) is 0 Å². The second kappa shape index (κ2) is 5.21. The number of rotatable bonds is 5. The molecule has 0 radical (unpaired) electrons. The molecular weight excluding hydrogens is 216 g/mol. The summed E-state index contributed by atoms with van der Waals surface area (Å²) in [5.41, 5.74) is 1.000. The number of Topliss-reactive ketones (excluding diaryl/α,β-unsaturated/α-hetero) is 1. The molecule has 3 nitrogen and oxygen atoms in total. The third-order valence-corrected chi connectivity index (χ3v) is 3.39. The standard InChI is InChI=1S/C14H18O3/c1-16-13-7-6-10(9-14(13)17-2)8-12(15)11-4-3-5-11/h6-7,9,11H,3-5,8H2,1-2H3. The van der Waals surface area contributed by atoms with E-state index in [4.69, 9.17) is 9.47 Å². The first-order valence-electron chi connectivity index (χ1n) is 5.98. The molecule has 1 saturated carbocycles. The Morgan fingerprint density at radius 3 is 2.47 bits per heavy atom. The van der Waals surface area contributed by atoms with Gasteiger partial charge >= 0.3 is 0 Å². The molecule has 1 aliphatic carbocycles. The van der Waals surface area contributed by atoms with Crippen LogP contribution in [0.3, 0.4) is 0 Å². The highest BCUT2D eigenvalue weighted by molar-refractivity contribution is 5.84. The topological polar surface area (TPSA) is 35.5 Å². The van der Waals surface area contributed by atoms with E-state index in [9.17, 15) is 4.79 Å². The van der Waals surface area contributed by atoms with Crippen molar-refractivity contribution in [2.24, 2.45) is 5.92 Å². The van der Waals surface area contributed by atoms with E-state index < -0.39 is 0 Å². The number of methoxy groups -OCH3 is 2. The van der Waals surface area contributed by atoms with Crippen LogP contribution < -0.4 is 9.47 Å². The minimum absolute atomic E-state index is 0.295. The number of ketones is 1. The smallest absolute Gasteiger partial charge is 0.161 e. The number of carbonyl (C=O) groups excluding carboxylic acids is 1. The highest BCUT2D eigenvalue weighted by Gasteiger charge is 2.25. The normalized spacial score (nSPS) is 15.2. The van der Waals surface area contributed by atoms with Gasteiger partial charge in [0.05, 0.1) is 14.2 Å². The molecule has 1 aromatic carbocycles. The van der Waals surface area contributed by atoms with Gasteiger partial charge in [-0.25, -0.2) is 0 Å². The van der Waals surface area contributed by atoms with Crippen molar-refractivity contribution in [3.8, 4) is 11.5 Å². The van der Waals surface area contributed by atoms with Crippen LogP contribution in [-0.2, 0) is 11.2 Å². The summed E-state index contributed by atoms with van der Waals surface area (Å²) in [6.45, 7) is 0. The molecule has 1 aliphatic rings. The summed E-state index contributed by atoms with van der Waals surface area (Å²) in [5, 5.41) is 0. The lowest BCUT2D eigenvalue weighted by molar-refractivity contribution is -0.124. The molecule has 0 heterocycles. The van der Waals surface area contributed by atoms with Crippen molar-refractivity contribution in [1.82, 2.24) is 0 Å². The minimum atomic E-state index is 0.295. The second-order valence-electron chi connectivity index (χ2n) is 4.46. The van der Waals surface area contributed by atoms with Crippen LogP contribution in [0, 0.1) is 5.92 Å². The van der Waals surface area contributed by atoms with E-state index >= 15 is 0 Å². The van der Waals surface area contributed by atoms with Crippen molar-refractivity contribution in [2.75, 3.05) is 14.2 Å². The number of hydrogen-bond acceptors (Lipinski definition) is 3. The third kappa shape index (κ3) is 2.60. The van der Waals surface area contributed by atoms with E-state index in [0.29, 0.717) is 29.6 Å². The lowest BCUT2D eigenvalue weighted by Crippen LogP contribution is -2.23. The lowest BCUT2D eigenvalue weighted by Gasteiger charge is -2.23. The molecule has 0 atom stereocenters. The van der Waals surface area contributed by atoms with Crippen molar-refractivity contribution in [1.29, 1.82) is 0 Å². The molecule has 92 valence electrons. The van der Waals surface area contributed by atoms with Crippen LogP contribution in [0.5, 0.6) is 11.5 Å². The van der Waals surface area contributed by atoms with Crippen molar-refractivity contribution in [3.63, 3.8) is 0 Å². The van der Waals surface area contributed by atoms with Crippen molar-refractivity contribution < 1.29 is 14.3 Å². The number of hydrogen-bond donors (Lipinski definition) is 0. The van der Waals surface area contributed by atoms with Crippen LogP contribution in [0.15, 0.2) is 18.2 Å². The van der Waals surface area contributed by atoms with Crippen molar-refractivity contribution >= 4 is 5.78 Å². The van der Waals surface area contributed by atoms with Crippen LogP contribution in [0.25, 0.3) is 0 Å². The molecule has 0 amide bonds. The summed E-state index contributed by atoms with van der Waals surface area (Å²) in [6.07, 6.45) is 3.83. The van der Waals surface area contributed by atoms with Crippen LogP contribution in [0.2, 0.25) is 0 Å². The highest BCUT2D eigenvalue weighted by Crippen LogP contribution is 2.31. The summed E-state index contributed by atoms with van der Waals surface area (Å²) in [4.78, 5) is 11.9. The van der Waals surface area contributed by atoms with Crippen molar-refractivity contribution in [3.05, 3.63) is 23.8 Å². The van der Waals surface area contributed by atoms with E-state index in [2.05, 4.69) is 0 Å². The first kappa shape index (κ1) is 12.0. The summed E-state index contributed by atoms with van der Waals surface area (Å²) in [6, 6.07) is 5.66. The van der Waals surface area contributed by atoms with E-state index in [1.54, 1.807) is 14.2 Å². The molecule has 0 bridgehead atoms. The summed E-state index contributed by atoms with van der Waals surface area (Å²) in [7, 11) is 3.21. The lowest BCUT2D eigenvalue weighted by atomic mass is 9.80. The van der Waals surface area contributed by atoms with Gasteiger partial charge in [-0.15, -0.1) is 0 Å². The second-order valence-corrected chi connectivity index (χ2v) is 4.46. The molecule has 0 aliphatic heterocycles. The van der Waals surface area contributed by atoms with Gasteiger partial charge in [-0.2, -0.15) is 0 Å². The zero-order valence-electron chi connectivity index (χ0n) is 10.4. The van der Waals surface area contributed by atoms with Crippen molar-refractivity contribution in [2.45, 2.75) is 25.7 Å². The molecule has 0 unspecified atom stereocenters.